The normalized spacial score (nSPS) is 12.4. The molecule has 1 amide bonds. The summed E-state index contributed by atoms with van der Waals surface area (Å²) in [6.45, 7) is 10.0. The summed E-state index contributed by atoms with van der Waals surface area (Å²) in [5.41, 5.74) is 1.15. The number of carbonyl (C=O) groups is 1. The van der Waals surface area contributed by atoms with Crippen LogP contribution in [0.25, 0.3) is 0 Å². The van der Waals surface area contributed by atoms with E-state index in [1.54, 1.807) is 11.9 Å². The van der Waals surface area contributed by atoms with Gasteiger partial charge in [0.25, 0.3) is 5.91 Å². The molecule has 106 valence electrons. The highest BCUT2D eigenvalue weighted by Gasteiger charge is 2.27. The van der Waals surface area contributed by atoms with Gasteiger partial charge in [-0.2, -0.15) is 0 Å². The van der Waals surface area contributed by atoms with Crippen LogP contribution in [-0.2, 0) is 16.8 Å². The molecule has 0 saturated heterocycles. The lowest BCUT2D eigenvalue weighted by molar-refractivity contribution is -0.146. The number of aliphatic hydroxyl groups is 1. The second kappa shape index (κ2) is 5.33. The Morgan fingerprint density at radius 3 is 1.95 bits per heavy atom. The fourth-order valence-corrected chi connectivity index (χ4v) is 1.92. The fraction of sp³-hybridized carbons (Fsp3) is 0.562. The highest BCUT2D eigenvalue weighted by Crippen LogP contribution is 2.22. The Morgan fingerprint density at radius 2 is 1.58 bits per heavy atom. The number of benzene rings is 1. The Labute approximate surface area is 116 Å². The number of rotatable bonds is 3. The van der Waals surface area contributed by atoms with Crippen LogP contribution in [0.15, 0.2) is 24.3 Å². The smallest absolute Gasteiger partial charge is 0.253 e. The van der Waals surface area contributed by atoms with Crippen molar-refractivity contribution in [3.63, 3.8) is 0 Å². The van der Waals surface area contributed by atoms with Gasteiger partial charge in [-0.1, -0.05) is 45.0 Å². The van der Waals surface area contributed by atoms with Gasteiger partial charge < -0.3 is 10.0 Å². The Bertz CT molecular complexity index is 435. The molecule has 0 bridgehead atoms. The zero-order valence-electron chi connectivity index (χ0n) is 12.8. The number of carbonyl (C=O) groups excluding carboxylic acids is 1. The van der Waals surface area contributed by atoms with Crippen molar-refractivity contribution in [1.82, 2.24) is 4.90 Å². The number of nitrogens with zero attached hydrogens (tertiary/aromatic N) is 1. The highest BCUT2D eigenvalue weighted by atomic mass is 16.3. The van der Waals surface area contributed by atoms with E-state index in [9.17, 15) is 9.90 Å². The summed E-state index contributed by atoms with van der Waals surface area (Å²) in [5.74, 6) is -0.271. The van der Waals surface area contributed by atoms with E-state index >= 15 is 0 Å². The van der Waals surface area contributed by atoms with Crippen LogP contribution < -0.4 is 0 Å². The zero-order valence-corrected chi connectivity index (χ0v) is 12.8. The molecule has 0 spiro atoms. The minimum Gasteiger partial charge on any atom is -0.381 e. The van der Waals surface area contributed by atoms with Gasteiger partial charge in [0.1, 0.15) is 5.60 Å². The van der Waals surface area contributed by atoms with Gasteiger partial charge in [-0.25, -0.2) is 0 Å². The predicted octanol–water partition coefficient (Wildman–Crippen LogP) is 2.71. The van der Waals surface area contributed by atoms with Gasteiger partial charge in [-0.15, -0.1) is 0 Å². The molecule has 0 aliphatic carbocycles. The van der Waals surface area contributed by atoms with E-state index in [0.29, 0.717) is 6.54 Å². The molecule has 19 heavy (non-hydrogen) atoms. The molecule has 1 rings (SSSR count). The number of hydrogen-bond acceptors (Lipinski definition) is 2. The van der Waals surface area contributed by atoms with Crippen molar-refractivity contribution in [1.29, 1.82) is 0 Å². The molecule has 0 atom stereocenters. The van der Waals surface area contributed by atoms with E-state index in [2.05, 4.69) is 32.9 Å². The van der Waals surface area contributed by atoms with Gasteiger partial charge in [-0.3, -0.25) is 4.79 Å². The van der Waals surface area contributed by atoms with Gasteiger partial charge in [-0.05, 0) is 30.4 Å². The predicted molar refractivity (Wildman–Crippen MR) is 77.9 cm³/mol. The molecule has 0 unspecified atom stereocenters. The van der Waals surface area contributed by atoms with E-state index in [1.165, 1.54) is 19.4 Å². The SMILES string of the molecule is CN(Cc1ccc(C(C)(C)C)cc1)C(=O)C(C)(C)O. The van der Waals surface area contributed by atoms with Crippen LogP contribution in [0.1, 0.15) is 45.7 Å². The summed E-state index contributed by atoms with van der Waals surface area (Å²) in [4.78, 5) is 13.4. The fourth-order valence-electron chi connectivity index (χ4n) is 1.92. The van der Waals surface area contributed by atoms with Crippen LogP contribution >= 0.6 is 0 Å². The maximum atomic E-state index is 11.9. The van der Waals surface area contributed by atoms with Gasteiger partial charge in [0.2, 0.25) is 0 Å². The lowest BCUT2D eigenvalue weighted by Crippen LogP contribution is -2.42. The van der Waals surface area contributed by atoms with Crippen molar-refractivity contribution >= 4 is 5.91 Å². The van der Waals surface area contributed by atoms with E-state index < -0.39 is 5.60 Å². The summed E-state index contributed by atoms with van der Waals surface area (Å²) in [6, 6.07) is 8.26. The Balaban J connectivity index is 2.77. The van der Waals surface area contributed by atoms with Crippen LogP contribution in [-0.4, -0.2) is 28.6 Å². The van der Waals surface area contributed by atoms with E-state index in [1.807, 2.05) is 12.1 Å². The Morgan fingerprint density at radius 1 is 1.11 bits per heavy atom. The van der Waals surface area contributed by atoms with Crippen molar-refractivity contribution in [2.75, 3.05) is 7.05 Å². The van der Waals surface area contributed by atoms with Gasteiger partial charge in [0.05, 0.1) is 0 Å². The first-order chi connectivity index (χ1) is 8.51. The average molecular weight is 263 g/mol. The van der Waals surface area contributed by atoms with Crippen LogP contribution in [0.5, 0.6) is 0 Å². The van der Waals surface area contributed by atoms with Gasteiger partial charge in [0.15, 0.2) is 0 Å². The van der Waals surface area contributed by atoms with Crippen LogP contribution in [0, 0.1) is 0 Å². The van der Waals surface area contributed by atoms with Crippen LogP contribution in [0.2, 0.25) is 0 Å². The van der Waals surface area contributed by atoms with Gasteiger partial charge >= 0.3 is 0 Å². The topological polar surface area (TPSA) is 40.5 Å². The largest absolute Gasteiger partial charge is 0.381 e. The quantitative estimate of drug-likeness (QED) is 0.911. The monoisotopic (exact) mass is 263 g/mol. The first-order valence-corrected chi connectivity index (χ1v) is 6.59. The van der Waals surface area contributed by atoms with Gasteiger partial charge in [0, 0.05) is 13.6 Å². The van der Waals surface area contributed by atoms with Crippen molar-refractivity contribution < 1.29 is 9.90 Å². The average Bonchev–Trinajstić information content (AvgIpc) is 2.26. The Hall–Kier alpha value is -1.35. The second-order valence-corrected chi connectivity index (χ2v) is 6.67. The lowest BCUT2D eigenvalue weighted by Gasteiger charge is -2.25. The number of likely N-dealkylation sites (N-methyl/N-ethyl adjacent to an activating group) is 1. The van der Waals surface area contributed by atoms with E-state index in [0.717, 1.165) is 5.56 Å². The maximum absolute atomic E-state index is 11.9. The number of amides is 1. The highest BCUT2D eigenvalue weighted by molar-refractivity contribution is 5.83. The zero-order chi connectivity index (χ0) is 14.8. The molecular weight excluding hydrogens is 238 g/mol. The van der Waals surface area contributed by atoms with Crippen LogP contribution in [0.3, 0.4) is 0 Å². The molecule has 0 aliphatic heterocycles. The molecule has 0 aromatic heterocycles. The summed E-state index contributed by atoms with van der Waals surface area (Å²) in [6.07, 6.45) is 0. The molecule has 0 radical (unpaired) electrons. The third-order valence-electron chi connectivity index (χ3n) is 3.11. The minimum atomic E-state index is -1.32. The van der Waals surface area contributed by atoms with Crippen molar-refractivity contribution in [2.45, 2.75) is 52.2 Å². The van der Waals surface area contributed by atoms with E-state index in [-0.39, 0.29) is 11.3 Å². The summed E-state index contributed by atoms with van der Waals surface area (Å²) < 4.78 is 0. The Kier molecular flexibility index (Phi) is 4.41. The molecule has 3 nitrogen and oxygen atoms in total. The third-order valence-corrected chi connectivity index (χ3v) is 3.11. The molecule has 1 N–H and O–H groups in total. The standard InChI is InChI=1S/C16H25NO2/c1-15(2,3)13-9-7-12(8-10-13)11-17(6)14(18)16(4,5)19/h7-10,19H,11H2,1-6H3. The third kappa shape index (κ3) is 4.35. The molecule has 3 heteroatoms. The first kappa shape index (κ1) is 15.7. The van der Waals surface area contributed by atoms with Crippen molar-refractivity contribution in [3.8, 4) is 0 Å². The molecule has 0 aliphatic rings. The molecule has 1 aromatic carbocycles. The molecule has 1 aromatic rings. The summed E-state index contributed by atoms with van der Waals surface area (Å²) in [7, 11) is 1.71. The molecular formula is C16H25NO2. The molecule has 0 saturated carbocycles. The molecule has 0 heterocycles. The van der Waals surface area contributed by atoms with E-state index in [4.69, 9.17) is 0 Å². The second-order valence-electron chi connectivity index (χ2n) is 6.67. The minimum absolute atomic E-state index is 0.132. The summed E-state index contributed by atoms with van der Waals surface area (Å²) in [5, 5.41) is 9.69. The summed E-state index contributed by atoms with van der Waals surface area (Å²) >= 11 is 0. The number of hydrogen-bond donors (Lipinski definition) is 1. The lowest BCUT2D eigenvalue weighted by atomic mass is 9.87. The van der Waals surface area contributed by atoms with Crippen molar-refractivity contribution in [2.24, 2.45) is 0 Å². The maximum Gasteiger partial charge on any atom is 0.253 e. The van der Waals surface area contributed by atoms with Crippen molar-refractivity contribution in [3.05, 3.63) is 35.4 Å². The molecule has 0 fully saturated rings. The first-order valence-electron chi connectivity index (χ1n) is 6.59. The van der Waals surface area contributed by atoms with Crippen LogP contribution in [0.4, 0.5) is 0 Å².